The monoisotopic (exact) mass is 290 g/mol. The highest BCUT2D eigenvalue weighted by Gasteiger charge is 2.33. The Kier molecular flexibility index (Phi) is 4.48. The lowest BCUT2D eigenvalue weighted by molar-refractivity contribution is -0.0500. The largest absolute Gasteiger partial charge is 0.497 e. The molecule has 1 aliphatic heterocycles. The summed E-state index contributed by atoms with van der Waals surface area (Å²) in [5.41, 5.74) is 9.22. The molecule has 2 N–H and O–H groups in total. The molecule has 1 aliphatic carbocycles. The number of nitrogens with two attached hydrogens (primary N) is 1. The van der Waals surface area contributed by atoms with E-state index in [4.69, 9.17) is 15.2 Å². The second-order valence-corrected chi connectivity index (χ2v) is 6.09. The van der Waals surface area contributed by atoms with Crippen LogP contribution in [0.1, 0.15) is 36.9 Å². The third-order valence-corrected chi connectivity index (χ3v) is 4.93. The Morgan fingerprint density at radius 1 is 1.43 bits per heavy atom. The standard InChI is InChI=1S/C17H26N2O2/c1-3-13-11-19(8-9-21-13)16-7-5-12-4-6-14(20-2)10-15(12)17(16)18/h4,6,10,13,16-17H,3,5,7-9,11,18H2,1-2H3. The van der Waals surface area contributed by atoms with E-state index in [0.717, 1.165) is 44.7 Å². The van der Waals surface area contributed by atoms with Gasteiger partial charge in [-0.25, -0.2) is 0 Å². The summed E-state index contributed by atoms with van der Waals surface area (Å²) in [5.74, 6) is 0.901. The van der Waals surface area contributed by atoms with E-state index in [1.54, 1.807) is 7.11 Å². The molecule has 21 heavy (non-hydrogen) atoms. The van der Waals surface area contributed by atoms with Crippen LogP contribution in [-0.2, 0) is 11.2 Å². The van der Waals surface area contributed by atoms with Gasteiger partial charge < -0.3 is 15.2 Å². The molecule has 2 aliphatic rings. The zero-order valence-electron chi connectivity index (χ0n) is 13.0. The van der Waals surface area contributed by atoms with Gasteiger partial charge in [-0.2, -0.15) is 0 Å². The molecule has 1 heterocycles. The lowest BCUT2D eigenvalue weighted by Crippen LogP contribution is -2.52. The van der Waals surface area contributed by atoms with Crippen LogP contribution in [0.25, 0.3) is 0 Å². The molecule has 3 rings (SSSR count). The molecule has 116 valence electrons. The van der Waals surface area contributed by atoms with Crippen molar-refractivity contribution in [2.24, 2.45) is 5.73 Å². The van der Waals surface area contributed by atoms with Gasteiger partial charge >= 0.3 is 0 Å². The molecule has 0 radical (unpaired) electrons. The number of rotatable bonds is 3. The first-order chi connectivity index (χ1) is 10.2. The first-order valence-electron chi connectivity index (χ1n) is 8.01. The molecule has 1 saturated heterocycles. The summed E-state index contributed by atoms with van der Waals surface area (Å²) in [5, 5.41) is 0. The van der Waals surface area contributed by atoms with Crippen molar-refractivity contribution >= 4 is 0 Å². The van der Waals surface area contributed by atoms with Crippen LogP contribution >= 0.6 is 0 Å². The summed E-state index contributed by atoms with van der Waals surface area (Å²) in [4.78, 5) is 2.53. The fourth-order valence-corrected chi connectivity index (χ4v) is 3.63. The first-order valence-corrected chi connectivity index (χ1v) is 8.01. The highest BCUT2D eigenvalue weighted by Crippen LogP contribution is 2.34. The van der Waals surface area contributed by atoms with E-state index < -0.39 is 0 Å². The second kappa shape index (κ2) is 6.34. The second-order valence-electron chi connectivity index (χ2n) is 6.09. The van der Waals surface area contributed by atoms with Crippen molar-refractivity contribution in [3.05, 3.63) is 29.3 Å². The minimum absolute atomic E-state index is 0.0689. The predicted octanol–water partition coefficient (Wildman–Crippen LogP) is 2.12. The van der Waals surface area contributed by atoms with E-state index >= 15 is 0 Å². The number of morpholine rings is 1. The Balaban J connectivity index is 1.79. The van der Waals surface area contributed by atoms with Gasteiger partial charge in [0.1, 0.15) is 5.75 Å². The fourth-order valence-electron chi connectivity index (χ4n) is 3.63. The van der Waals surface area contributed by atoms with Crippen molar-refractivity contribution in [2.45, 2.75) is 44.4 Å². The van der Waals surface area contributed by atoms with Crippen molar-refractivity contribution in [1.29, 1.82) is 0 Å². The van der Waals surface area contributed by atoms with E-state index in [1.807, 2.05) is 6.07 Å². The molecule has 1 aromatic carbocycles. The number of methoxy groups -OCH3 is 1. The van der Waals surface area contributed by atoms with Gasteiger partial charge in [-0.15, -0.1) is 0 Å². The van der Waals surface area contributed by atoms with Crippen LogP contribution < -0.4 is 10.5 Å². The van der Waals surface area contributed by atoms with Crippen LogP contribution in [0, 0.1) is 0 Å². The molecule has 3 unspecified atom stereocenters. The van der Waals surface area contributed by atoms with Crippen molar-refractivity contribution in [3.63, 3.8) is 0 Å². The topological polar surface area (TPSA) is 47.7 Å². The number of fused-ring (bicyclic) bond motifs is 1. The highest BCUT2D eigenvalue weighted by molar-refractivity contribution is 5.40. The SMILES string of the molecule is CCC1CN(C2CCc3ccc(OC)cc3C2N)CCO1. The van der Waals surface area contributed by atoms with Gasteiger partial charge in [0.25, 0.3) is 0 Å². The molecule has 1 fully saturated rings. The third-order valence-electron chi connectivity index (χ3n) is 4.93. The first kappa shape index (κ1) is 14.8. The third kappa shape index (κ3) is 2.93. The van der Waals surface area contributed by atoms with E-state index in [1.165, 1.54) is 11.1 Å². The molecular weight excluding hydrogens is 264 g/mol. The Morgan fingerprint density at radius 2 is 2.29 bits per heavy atom. The van der Waals surface area contributed by atoms with Crippen LogP contribution in [0.3, 0.4) is 0 Å². The van der Waals surface area contributed by atoms with Gasteiger partial charge in [0.15, 0.2) is 0 Å². The van der Waals surface area contributed by atoms with Gasteiger partial charge in [-0.1, -0.05) is 13.0 Å². The van der Waals surface area contributed by atoms with Crippen molar-refractivity contribution in [1.82, 2.24) is 4.90 Å². The highest BCUT2D eigenvalue weighted by atomic mass is 16.5. The van der Waals surface area contributed by atoms with Crippen LogP contribution in [0.2, 0.25) is 0 Å². The molecule has 1 aromatic rings. The number of hydrogen-bond acceptors (Lipinski definition) is 4. The molecule has 0 spiro atoms. The van der Waals surface area contributed by atoms with Crippen molar-refractivity contribution < 1.29 is 9.47 Å². The summed E-state index contributed by atoms with van der Waals surface area (Å²) in [6.07, 6.45) is 3.67. The van der Waals surface area contributed by atoms with E-state index in [2.05, 4.69) is 24.0 Å². The van der Waals surface area contributed by atoms with E-state index in [0.29, 0.717) is 12.1 Å². The Morgan fingerprint density at radius 3 is 3.05 bits per heavy atom. The van der Waals surface area contributed by atoms with Crippen LogP contribution in [-0.4, -0.2) is 43.9 Å². The fraction of sp³-hybridized carbons (Fsp3) is 0.647. The molecule has 0 aromatic heterocycles. The lowest BCUT2D eigenvalue weighted by atomic mass is 9.83. The zero-order chi connectivity index (χ0) is 14.8. The van der Waals surface area contributed by atoms with Gasteiger partial charge in [-0.05, 0) is 42.5 Å². The Labute approximate surface area is 127 Å². The van der Waals surface area contributed by atoms with Gasteiger partial charge in [0.05, 0.1) is 19.8 Å². The molecule has 4 heteroatoms. The summed E-state index contributed by atoms with van der Waals surface area (Å²) in [7, 11) is 1.71. The van der Waals surface area contributed by atoms with Crippen LogP contribution in [0.5, 0.6) is 5.75 Å². The number of ether oxygens (including phenoxy) is 2. The summed E-state index contributed by atoms with van der Waals surface area (Å²) < 4.78 is 11.1. The van der Waals surface area contributed by atoms with Gasteiger partial charge in [0, 0.05) is 25.2 Å². The van der Waals surface area contributed by atoms with Crippen LogP contribution in [0.4, 0.5) is 0 Å². The molecular formula is C17H26N2O2. The smallest absolute Gasteiger partial charge is 0.119 e. The maximum Gasteiger partial charge on any atom is 0.119 e. The maximum absolute atomic E-state index is 6.59. The Bertz CT molecular complexity index is 492. The van der Waals surface area contributed by atoms with E-state index in [9.17, 15) is 0 Å². The maximum atomic E-state index is 6.59. The predicted molar refractivity (Wildman–Crippen MR) is 83.6 cm³/mol. The van der Waals surface area contributed by atoms with Gasteiger partial charge in [-0.3, -0.25) is 4.90 Å². The van der Waals surface area contributed by atoms with Crippen molar-refractivity contribution in [2.75, 3.05) is 26.8 Å². The minimum atomic E-state index is 0.0689. The molecule has 0 amide bonds. The molecule has 0 bridgehead atoms. The molecule has 3 atom stereocenters. The number of aryl methyl sites for hydroxylation is 1. The average molecular weight is 290 g/mol. The number of hydrogen-bond donors (Lipinski definition) is 1. The van der Waals surface area contributed by atoms with E-state index in [-0.39, 0.29) is 6.04 Å². The summed E-state index contributed by atoms with van der Waals surface area (Å²) >= 11 is 0. The average Bonchev–Trinajstić information content (AvgIpc) is 2.55. The minimum Gasteiger partial charge on any atom is -0.497 e. The molecule has 4 nitrogen and oxygen atoms in total. The Hall–Kier alpha value is -1.10. The zero-order valence-corrected chi connectivity index (χ0v) is 13.0. The quantitative estimate of drug-likeness (QED) is 0.926. The van der Waals surface area contributed by atoms with Crippen LogP contribution in [0.15, 0.2) is 18.2 Å². The summed E-state index contributed by atoms with van der Waals surface area (Å²) in [6.45, 7) is 5.02. The lowest BCUT2D eigenvalue weighted by Gasteiger charge is -2.43. The van der Waals surface area contributed by atoms with Gasteiger partial charge in [0.2, 0.25) is 0 Å². The number of nitrogens with zero attached hydrogens (tertiary/aromatic N) is 1. The molecule has 0 saturated carbocycles. The normalized spacial score (nSPS) is 30.0. The summed E-state index contributed by atoms with van der Waals surface area (Å²) in [6, 6.07) is 6.80. The van der Waals surface area contributed by atoms with Crippen molar-refractivity contribution in [3.8, 4) is 5.75 Å². The number of benzene rings is 1.